The quantitative estimate of drug-likeness (QED) is 0.574. The molecule has 5 aliphatic rings. The fourth-order valence-corrected chi connectivity index (χ4v) is 15.3. The molecule has 1 heterocycles. The molecule has 1 fully saturated rings. The van der Waals surface area contributed by atoms with Crippen molar-refractivity contribution in [1.82, 2.24) is 0 Å². The van der Waals surface area contributed by atoms with Gasteiger partial charge in [0.05, 0.1) is 0 Å². The topological polar surface area (TPSA) is 0 Å². The van der Waals surface area contributed by atoms with Crippen molar-refractivity contribution in [3.8, 4) is 0 Å². The van der Waals surface area contributed by atoms with Crippen molar-refractivity contribution in [2.45, 2.75) is 75.7 Å². The van der Waals surface area contributed by atoms with Crippen LogP contribution in [0.2, 0.25) is 9.45 Å². The second kappa shape index (κ2) is 7.53. The normalized spacial score (nSPS) is 24.4. The molecule has 27 heavy (non-hydrogen) atoms. The van der Waals surface area contributed by atoms with Crippen LogP contribution >= 0.6 is 0 Å². The van der Waals surface area contributed by atoms with E-state index < -0.39 is 16.6 Å². The van der Waals surface area contributed by atoms with Crippen LogP contribution in [0.3, 0.4) is 0 Å². The van der Waals surface area contributed by atoms with Gasteiger partial charge < -0.3 is 24.8 Å². The molecular formula is C24H30Cl2Ti. The third-order valence-corrected chi connectivity index (χ3v) is 14.9. The molecule has 0 N–H and O–H groups in total. The van der Waals surface area contributed by atoms with E-state index in [9.17, 15) is 0 Å². The van der Waals surface area contributed by atoms with E-state index in [0.717, 1.165) is 0 Å². The van der Waals surface area contributed by atoms with Gasteiger partial charge in [-0.1, -0.05) is 0 Å². The molecule has 1 saturated heterocycles. The largest absolute Gasteiger partial charge is 1.00 e. The summed E-state index contributed by atoms with van der Waals surface area (Å²) in [6.45, 7) is 9.60. The zero-order valence-corrected chi connectivity index (χ0v) is 20.1. The Hall–Kier alpha value is -0.266. The van der Waals surface area contributed by atoms with E-state index >= 15 is 0 Å². The first-order chi connectivity index (χ1) is 12.0. The van der Waals surface area contributed by atoms with E-state index in [1.807, 2.05) is 7.76 Å². The summed E-state index contributed by atoms with van der Waals surface area (Å²) in [4.78, 5) is 0. The van der Waals surface area contributed by atoms with E-state index in [2.05, 4.69) is 39.8 Å². The minimum absolute atomic E-state index is 0. The molecule has 0 unspecified atom stereocenters. The molecule has 4 aliphatic carbocycles. The summed E-state index contributed by atoms with van der Waals surface area (Å²) in [5.41, 5.74) is 13.5. The Morgan fingerprint density at radius 3 is 1.41 bits per heavy atom. The maximum Gasteiger partial charge on any atom is -1.00 e. The molecular weight excluding hydrogens is 407 g/mol. The number of hydrogen-bond acceptors (Lipinski definition) is 0. The zero-order valence-electron chi connectivity index (χ0n) is 17.1. The number of rotatable bonds is 2. The molecule has 0 atom stereocenters. The van der Waals surface area contributed by atoms with Crippen LogP contribution in [-0.2, 0) is 16.6 Å². The number of fused-ring (bicyclic) bond motifs is 2. The average Bonchev–Trinajstić information content (AvgIpc) is 3.15. The smallest absolute Gasteiger partial charge is 1.00 e. The molecule has 0 radical (unpaired) electrons. The van der Waals surface area contributed by atoms with Gasteiger partial charge in [-0.25, -0.2) is 0 Å². The number of allylic oxidation sites excluding steroid dienone is 12. The van der Waals surface area contributed by atoms with Gasteiger partial charge in [0, 0.05) is 0 Å². The van der Waals surface area contributed by atoms with Crippen LogP contribution < -0.4 is 24.8 Å². The standard InChI is InChI=1S/2C11H13.C2H4.2ClH.Ti/c2*1-8-6-10-5-3-4-9(2)11(10)7-8;1-2;;;/h2*7H,3-5H2,1-2H3;1-2H2;2*1H;/q;;;;;+2/p-2. The van der Waals surface area contributed by atoms with Gasteiger partial charge in [0.2, 0.25) is 0 Å². The molecule has 0 bridgehead atoms. The molecule has 0 aromatic carbocycles. The molecule has 0 aromatic rings. The zero-order chi connectivity index (χ0) is 17.3. The predicted octanol–water partition coefficient (Wildman–Crippen LogP) is 1.43. The summed E-state index contributed by atoms with van der Waals surface area (Å²) in [6.07, 6.45) is 13.2. The van der Waals surface area contributed by atoms with Gasteiger partial charge >= 0.3 is 157 Å². The Morgan fingerprint density at radius 2 is 1.04 bits per heavy atom. The first-order valence-electron chi connectivity index (χ1n) is 10.3. The summed E-state index contributed by atoms with van der Waals surface area (Å²) in [7, 11) is 0. The third kappa shape index (κ3) is 3.07. The monoisotopic (exact) mass is 436 g/mol. The molecule has 0 aromatic heterocycles. The van der Waals surface area contributed by atoms with Gasteiger partial charge in [-0.05, 0) is 0 Å². The van der Waals surface area contributed by atoms with Crippen molar-refractivity contribution in [3.63, 3.8) is 0 Å². The maximum absolute atomic E-state index is 2.56. The molecule has 5 rings (SSSR count). The molecule has 0 saturated carbocycles. The number of halogens is 2. The average molecular weight is 437 g/mol. The van der Waals surface area contributed by atoms with Crippen molar-refractivity contribution < 1.29 is 41.4 Å². The fourth-order valence-electron chi connectivity index (χ4n) is 6.19. The van der Waals surface area contributed by atoms with Crippen LogP contribution in [0.25, 0.3) is 0 Å². The predicted molar refractivity (Wildman–Crippen MR) is 104 cm³/mol. The fraction of sp³-hybridized carbons (Fsp3) is 0.500. The van der Waals surface area contributed by atoms with Gasteiger partial charge in [0.15, 0.2) is 0 Å². The van der Waals surface area contributed by atoms with Crippen LogP contribution in [0, 0.1) is 0 Å². The Labute approximate surface area is 180 Å². The first-order valence-corrected chi connectivity index (χ1v) is 14.0. The summed E-state index contributed by atoms with van der Waals surface area (Å²) >= 11 is -2.06. The van der Waals surface area contributed by atoms with E-state index in [-0.39, 0.29) is 24.8 Å². The Morgan fingerprint density at radius 1 is 0.630 bits per heavy atom. The molecule has 0 amide bonds. The minimum atomic E-state index is -2.06. The third-order valence-electron chi connectivity index (χ3n) is 7.35. The molecule has 3 heteroatoms. The van der Waals surface area contributed by atoms with Gasteiger partial charge in [0.1, 0.15) is 0 Å². The second-order valence-corrected chi connectivity index (χ2v) is 15.5. The van der Waals surface area contributed by atoms with E-state index in [0.29, 0.717) is 0 Å². The van der Waals surface area contributed by atoms with Crippen LogP contribution in [0.15, 0.2) is 64.5 Å². The van der Waals surface area contributed by atoms with Crippen molar-refractivity contribution in [1.29, 1.82) is 0 Å². The van der Waals surface area contributed by atoms with Gasteiger partial charge in [0.25, 0.3) is 0 Å². The molecule has 1 aliphatic heterocycles. The van der Waals surface area contributed by atoms with Gasteiger partial charge in [-0.3, -0.25) is 0 Å². The van der Waals surface area contributed by atoms with Crippen molar-refractivity contribution in [3.05, 3.63) is 64.5 Å². The van der Waals surface area contributed by atoms with Crippen molar-refractivity contribution in [2.24, 2.45) is 0 Å². The Bertz CT molecular complexity index is 815. The summed E-state index contributed by atoms with van der Waals surface area (Å²) in [6, 6.07) is 0. The SMILES string of the molecule is CC1=CC2=C(C)CCCC2=[C]1[Ti+2]1([C]2=C3CCCC(C)=C3C=C2C)[CH2][CH2]1.[Cl-].[Cl-]. The van der Waals surface area contributed by atoms with E-state index in [1.165, 1.54) is 38.5 Å². The maximum atomic E-state index is 2.56. The molecule has 144 valence electrons. The number of hydrogen-bond donors (Lipinski definition) is 0. The summed E-state index contributed by atoms with van der Waals surface area (Å²) in [5.74, 6) is 0. The molecule has 0 spiro atoms. The Kier molecular flexibility index (Phi) is 5.98. The first kappa shape index (κ1) is 21.4. The van der Waals surface area contributed by atoms with Crippen molar-refractivity contribution in [2.75, 3.05) is 0 Å². The Balaban J connectivity index is 0.00000105. The summed E-state index contributed by atoms with van der Waals surface area (Å²) in [5, 5.41) is 0. The van der Waals surface area contributed by atoms with Gasteiger partial charge in [-0.15, -0.1) is 0 Å². The second-order valence-electron chi connectivity index (χ2n) is 9.04. The van der Waals surface area contributed by atoms with Crippen LogP contribution in [0.5, 0.6) is 0 Å². The van der Waals surface area contributed by atoms with Gasteiger partial charge in [-0.2, -0.15) is 0 Å². The van der Waals surface area contributed by atoms with Crippen molar-refractivity contribution >= 4 is 0 Å². The minimum Gasteiger partial charge on any atom is -1.00 e. The van der Waals surface area contributed by atoms with Crippen LogP contribution in [0.1, 0.15) is 66.2 Å². The van der Waals surface area contributed by atoms with Crippen LogP contribution in [-0.4, -0.2) is 0 Å². The summed E-state index contributed by atoms with van der Waals surface area (Å²) < 4.78 is 6.95. The van der Waals surface area contributed by atoms with E-state index in [1.54, 1.807) is 54.0 Å². The van der Waals surface area contributed by atoms with Crippen LogP contribution in [0.4, 0.5) is 0 Å². The van der Waals surface area contributed by atoms with E-state index in [4.69, 9.17) is 0 Å². The molecule has 0 nitrogen and oxygen atoms in total.